The summed E-state index contributed by atoms with van der Waals surface area (Å²) in [7, 11) is 0. The first kappa shape index (κ1) is 8.94. The second-order valence-electron chi connectivity index (χ2n) is 3.16. The van der Waals surface area contributed by atoms with Crippen LogP contribution in [0.25, 0.3) is 11.3 Å². The summed E-state index contributed by atoms with van der Waals surface area (Å²) < 4.78 is 18.3. The van der Waals surface area contributed by atoms with E-state index in [1.165, 1.54) is 12.1 Å². The Kier molecular flexibility index (Phi) is 2.08. The lowest BCUT2D eigenvalue weighted by molar-refractivity contribution is 0.533. The van der Waals surface area contributed by atoms with E-state index in [1.807, 2.05) is 6.92 Å². The van der Waals surface area contributed by atoms with Crippen LogP contribution in [0.3, 0.4) is 0 Å². The highest BCUT2D eigenvalue weighted by Crippen LogP contribution is 2.24. The van der Waals surface area contributed by atoms with E-state index in [0.717, 1.165) is 11.3 Å². The minimum absolute atomic E-state index is 0.268. The molecule has 3 heteroatoms. The standard InChI is InChI=1S/C11H10FNO/c1-7-11(14-8(2)13-7)9-4-3-5-10(12)6-9/h3-6H,1-2H3. The molecule has 1 heterocycles. The molecule has 0 aliphatic heterocycles. The van der Waals surface area contributed by atoms with Gasteiger partial charge in [-0.05, 0) is 19.1 Å². The molecule has 1 aromatic heterocycles. The largest absolute Gasteiger partial charge is 0.441 e. The van der Waals surface area contributed by atoms with Crippen LogP contribution in [-0.4, -0.2) is 4.98 Å². The van der Waals surface area contributed by atoms with Crippen molar-refractivity contribution in [2.75, 3.05) is 0 Å². The van der Waals surface area contributed by atoms with Crippen molar-refractivity contribution in [2.24, 2.45) is 0 Å². The molecular formula is C11H10FNO. The van der Waals surface area contributed by atoms with Crippen molar-refractivity contribution in [1.82, 2.24) is 4.98 Å². The van der Waals surface area contributed by atoms with E-state index >= 15 is 0 Å². The van der Waals surface area contributed by atoms with E-state index in [9.17, 15) is 4.39 Å². The number of nitrogens with zero attached hydrogens (tertiary/aromatic N) is 1. The molecule has 2 nitrogen and oxygen atoms in total. The van der Waals surface area contributed by atoms with Crippen LogP contribution in [0.2, 0.25) is 0 Å². The summed E-state index contributed by atoms with van der Waals surface area (Å²) in [5.41, 5.74) is 1.51. The highest BCUT2D eigenvalue weighted by molar-refractivity contribution is 5.59. The maximum atomic E-state index is 12.9. The third kappa shape index (κ3) is 1.53. The number of halogens is 1. The minimum atomic E-state index is -0.268. The first-order valence-corrected chi connectivity index (χ1v) is 4.37. The van der Waals surface area contributed by atoms with E-state index in [2.05, 4.69) is 4.98 Å². The molecule has 0 radical (unpaired) electrons. The fraction of sp³-hybridized carbons (Fsp3) is 0.182. The first-order valence-electron chi connectivity index (χ1n) is 4.37. The lowest BCUT2D eigenvalue weighted by atomic mass is 10.1. The predicted molar refractivity (Wildman–Crippen MR) is 51.4 cm³/mol. The van der Waals surface area contributed by atoms with Crippen LogP contribution in [0.4, 0.5) is 4.39 Å². The smallest absolute Gasteiger partial charge is 0.192 e. The van der Waals surface area contributed by atoms with Crippen molar-refractivity contribution < 1.29 is 8.81 Å². The summed E-state index contributed by atoms with van der Waals surface area (Å²) in [6.07, 6.45) is 0. The van der Waals surface area contributed by atoms with Gasteiger partial charge in [-0.25, -0.2) is 9.37 Å². The molecule has 0 atom stereocenters. The minimum Gasteiger partial charge on any atom is -0.441 e. The molecule has 72 valence electrons. The van der Waals surface area contributed by atoms with Gasteiger partial charge in [0.1, 0.15) is 5.82 Å². The zero-order valence-electron chi connectivity index (χ0n) is 8.04. The lowest BCUT2D eigenvalue weighted by Crippen LogP contribution is -1.80. The molecule has 0 amide bonds. The van der Waals surface area contributed by atoms with Crippen molar-refractivity contribution in [3.63, 3.8) is 0 Å². The van der Waals surface area contributed by atoms with Crippen molar-refractivity contribution >= 4 is 0 Å². The molecular weight excluding hydrogens is 181 g/mol. The van der Waals surface area contributed by atoms with Gasteiger partial charge in [-0.3, -0.25) is 0 Å². The van der Waals surface area contributed by atoms with Gasteiger partial charge in [0, 0.05) is 12.5 Å². The van der Waals surface area contributed by atoms with Gasteiger partial charge in [0.2, 0.25) is 0 Å². The normalized spacial score (nSPS) is 10.5. The van der Waals surface area contributed by atoms with Crippen molar-refractivity contribution in [3.05, 3.63) is 41.7 Å². The number of rotatable bonds is 1. The van der Waals surface area contributed by atoms with E-state index in [1.54, 1.807) is 19.1 Å². The number of aromatic nitrogens is 1. The Morgan fingerprint density at radius 1 is 1.29 bits per heavy atom. The Bertz CT molecular complexity index is 462. The van der Waals surface area contributed by atoms with Gasteiger partial charge in [0.05, 0.1) is 5.69 Å². The van der Waals surface area contributed by atoms with Crippen molar-refractivity contribution in [2.45, 2.75) is 13.8 Å². The summed E-state index contributed by atoms with van der Waals surface area (Å²) in [5.74, 6) is 0.972. The van der Waals surface area contributed by atoms with E-state index < -0.39 is 0 Å². The van der Waals surface area contributed by atoms with Gasteiger partial charge in [-0.1, -0.05) is 12.1 Å². The molecule has 14 heavy (non-hydrogen) atoms. The van der Waals surface area contributed by atoms with Crippen LogP contribution < -0.4 is 0 Å². The van der Waals surface area contributed by atoms with E-state index in [4.69, 9.17) is 4.42 Å². The van der Waals surface area contributed by atoms with Crippen LogP contribution >= 0.6 is 0 Å². The van der Waals surface area contributed by atoms with Crippen LogP contribution in [0.15, 0.2) is 28.7 Å². The van der Waals surface area contributed by atoms with Gasteiger partial charge in [0.15, 0.2) is 11.7 Å². The second kappa shape index (κ2) is 3.25. The maximum absolute atomic E-state index is 12.9. The van der Waals surface area contributed by atoms with Gasteiger partial charge >= 0.3 is 0 Å². The highest BCUT2D eigenvalue weighted by atomic mass is 19.1. The maximum Gasteiger partial charge on any atom is 0.192 e. The third-order valence-electron chi connectivity index (χ3n) is 1.99. The SMILES string of the molecule is Cc1nc(C)c(-c2cccc(F)c2)o1. The van der Waals surface area contributed by atoms with Crippen molar-refractivity contribution in [1.29, 1.82) is 0 Å². The van der Waals surface area contributed by atoms with Gasteiger partial charge in [-0.2, -0.15) is 0 Å². The number of hydrogen-bond acceptors (Lipinski definition) is 2. The Hall–Kier alpha value is -1.64. The topological polar surface area (TPSA) is 26.0 Å². The number of oxazole rings is 1. The zero-order valence-corrected chi connectivity index (χ0v) is 8.04. The zero-order chi connectivity index (χ0) is 10.1. The molecule has 1 aromatic carbocycles. The molecule has 0 N–H and O–H groups in total. The lowest BCUT2D eigenvalue weighted by Gasteiger charge is -1.96. The van der Waals surface area contributed by atoms with Crippen molar-refractivity contribution in [3.8, 4) is 11.3 Å². The monoisotopic (exact) mass is 191 g/mol. The average Bonchev–Trinajstić information content (AvgIpc) is 2.45. The fourth-order valence-corrected chi connectivity index (χ4v) is 1.43. The highest BCUT2D eigenvalue weighted by Gasteiger charge is 2.09. The summed E-state index contributed by atoms with van der Waals surface area (Å²) in [5, 5.41) is 0. The number of benzene rings is 1. The summed E-state index contributed by atoms with van der Waals surface area (Å²) in [6.45, 7) is 3.62. The fourth-order valence-electron chi connectivity index (χ4n) is 1.43. The van der Waals surface area contributed by atoms with Crippen LogP contribution in [0.1, 0.15) is 11.6 Å². The molecule has 0 saturated heterocycles. The summed E-state index contributed by atoms with van der Waals surface area (Å²) >= 11 is 0. The molecule has 0 unspecified atom stereocenters. The van der Waals surface area contributed by atoms with Gasteiger partial charge in [-0.15, -0.1) is 0 Å². The summed E-state index contributed by atoms with van der Waals surface area (Å²) in [4.78, 5) is 4.13. The van der Waals surface area contributed by atoms with Crippen LogP contribution in [0.5, 0.6) is 0 Å². The second-order valence-corrected chi connectivity index (χ2v) is 3.16. The number of aryl methyl sites for hydroxylation is 2. The molecule has 0 saturated carbocycles. The molecule has 0 aliphatic rings. The summed E-state index contributed by atoms with van der Waals surface area (Å²) in [6, 6.07) is 6.30. The molecule has 0 bridgehead atoms. The van der Waals surface area contributed by atoms with Gasteiger partial charge < -0.3 is 4.42 Å². The Balaban J connectivity index is 2.54. The quantitative estimate of drug-likeness (QED) is 0.692. The molecule has 0 fully saturated rings. The average molecular weight is 191 g/mol. The van der Waals surface area contributed by atoms with Gasteiger partial charge in [0.25, 0.3) is 0 Å². The molecule has 0 spiro atoms. The Morgan fingerprint density at radius 2 is 2.07 bits per heavy atom. The Morgan fingerprint density at radius 3 is 2.64 bits per heavy atom. The third-order valence-corrected chi connectivity index (χ3v) is 1.99. The van der Waals surface area contributed by atoms with E-state index in [-0.39, 0.29) is 5.82 Å². The predicted octanol–water partition coefficient (Wildman–Crippen LogP) is 3.10. The van der Waals surface area contributed by atoms with Crippen LogP contribution in [0, 0.1) is 19.7 Å². The van der Waals surface area contributed by atoms with E-state index in [0.29, 0.717) is 11.7 Å². The Labute approximate surface area is 81.4 Å². The molecule has 2 rings (SSSR count). The number of hydrogen-bond donors (Lipinski definition) is 0. The molecule has 0 aliphatic carbocycles. The molecule has 2 aromatic rings. The first-order chi connectivity index (χ1) is 6.66. The van der Waals surface area contributed by atoms with Crippen LogP contribution in [-0.2, 0) is 0 Å².